The van der Waals surface area contributed by atoms with Crippen LogP contribution in [-0.4, -0.2) is 37.8 Å². The summed E-state index contributed by atoms with van der Waals surface area (Å²) in [6.45, 7) is 1.15. The topological polar surface area (TPSA) is 60.0 Å². The maximum atomic E-state index is 12.8. The number of fused-ring (bicyclic) bond motifs is 1. The molecule has 1 aromatic carbocycles. The molecule has 0 amide bonds. The molecule has 100 valence electrons. The number of anilines is 1. The number of rotatable bonds is 6. The summed E-state index contributed by atoms with van der Waals surface area (Å²) in [5.74, 6) is 0.0170. The van der Waals surface area contributed by atoms with E-state index in [-0.39, 0.29) is 24.7 Å². The predicted molar refractivity (Wildman–Crippen MR) is 59.0 cm³/mol. The summed E-state index contributed by atoms with van der Waals surface area (Å²) in [6, 6.07) is 4.45. The molecule has 1 heterocycles. The molecule has 0 atom stereocenters. The van der Waals surface area contributed by atoms with Crippen molar-refractivity contribution in [2.75, 3.05) is 31.7 Å². The smallest absolute Gasteiger partial charge is 0.395 e. The van der Waals surface area contributed by atoms with Crippen molar-refractivity contribution < 1.29 is 28.1 Å². The van der Waals surface area contributed by atoms with E-state index in [1.165, 1.54) is 12.1 Å². The van der Waals surface area contributed by atoms with Gasteiger partial charge in [-0.15, -0.1) is 8.78 Å². The van der Waals surface area contributed by atoms with Crippen molar-refractivity contribution in [1.82, 2.24) is 0 Å². The number of aliphatic hydroxyl groups excluding tert-OH is 1. The molecular formula is C11H13F2NO4. The summed E-state index contributed by atoms with van der Waals surface area (Å²) in [4.78, 5) is 0. The highest BCUT2D eigenvalue weighted by molar-refractivity contribution is 5.55. The number of ether oxygens (including phenoxy) is 3. The number of aliphatic hydroxyl groups is 1. The first-order chi connectivity index (χ1) is 8.61. The van der Waals surface area contributed by atoms with Crippen molar-refractivity contribution in [3.05, 3.63) is 18.2 Å². The largest absolute Gasteiger partial charge is 0.586 e. The second-order valence-electron chi connectivity index (χ2n) is 3.59. The fraction of sp³-hybridized carbons (Fsp3) is 0.455. The average molecular weight is 261 g/mol. The molecule has 1 aliphatic rings. The monoisotopic (exact) mass is 261 g/mol. The molecular weight excluding hydrogens is 248 g/mol. The maximum absolute atomic E-state index is 12.8. The van der Waals surface area contributed by atoms with Crippen molar-refractivity contribution in [3.63, 3.8) is 0 Å². The third-order valence-corrected chi connectivity index (χ3v) is 2.21. The molecule has 2 N–H and O–H groups in total. The molecule has 0 bridgehead atoms. The van der Waals surface area contributed by atoms with E-state index in [1.54, 1.807) is 6.07 Å². The van der Waals surface area contributed by atoms with Gasteiger partial charge in [-0.2, -0.15) is 0 Å². The van der Waals surface area contributed by atoms with E-state index in [4.69, 9.17) is 9.84 Å². The zero-order valence-electron chi connectivity index (χ0n) is 9.49. The predicted octanol–water partition coefficient (Wildman–Crippen LogP) is 1.43. The Morgan fingerprint density at radius 1 is 1.22 bits per heavy atom. The number of alkyl halides is 2. The van der Waals surface area contributed by atoms with E-state index in [2.05, 4.69) is 14.8 Å². The van der Waals surface area contributed by atoms with Gasteiger partial charge in [0, 0.05) is 18.3 Å². The Bertz CT molecular complexity index is 414. The van der Waals surface area contributed by atoms with Gasteiger partial charge >= 0.3 is 6.29 Å². The molecule has 18 heavy (non-hydrogen) atoms. The minimum absolute atomic E-state index is 0.00118. The Labute approximate surface area is 102 Å². The lowest BCUT2D eigenvalue weighted by Gasteiger charge is -2.07. The van der Waals surface area contributed by atoms with Gasteiger partial charge in [-0.25, -0.2) is 0 Å². The molecule has 0 aliphatic carbocycles. The SMILES string of the molecule is OCCOCCNc1ccc2c(c1)OC(F)(F)O2. The lowest BCUT2D eigenvalue weighted by molar-refractivity contribution is -0.286. The Morgan fingerprint density at radius 3 is 2.78 bits per heavy atom. The van der Waals surface area contributed by atoms with Gasteiger partial charge in [-0.3, -0.25) is 0 Å². The summed E-state index contributed by atoms with van der Waals surface area (Å²) in [6.07, 6.45) is -3.59. The first-order valence-electron chi connectivity index (χ1n) is 5.43. The van der Waals surface area contributed by atoms with Gasteiger partial charge in [-0.05, 0) is 12.1 Å². The Hall–Kier alpha value is -1.60. The summed E-state index contributed by atoms with van der Waals surface area (Å²) >= 11 is 0. The highest BCUT2D eigenvalue weighted by Gasteiger charge is 2.43. The fourth-order valence-corrected chi connectivity index (χ4v) is 1.49. The zero-order chi connectivity index (χ0) is 13.0. The van der Waals surface area contributed by atoms with Crippen LogP contribution in [0, 0.1) is 0 Å². The van der Waals surface area contributed by atoms with E-state index in [1.807, 2.05) is 0 Å². The Morgan fingerprint density at radius 2 is 2.00 bits per heavy atom. The van der Waals surface area contributed by atoms with Crippen LogP contribution in [0.25, 0.3) is 0 Å². The van der Waals surface area contributed by atoms with Crippen LogP contribution in [0.3, 0.4) is 0 Å². The first-order valence-corrected chi connectivity index (χ1v) is 5.43. The second kappa shape index (κ2) is 5.36. The van der Waals surface area contributed by atoms with Gasteiger partial charge in [0.2, 0.25) is 0 Å². The number of halogens is 2. The van der Waals surface area contributed by atoms with Gasteiger partial charge in [0.15, 0.2) is 11.5 Å². The molecule has 0 fully saturated rings. The van der Waals surface area contributed by atoms with E-state index in [0.717, 1.165) is 0 Å². The Kier molecular flexibility index (Phi) is 3.83. The van der Waals surface area contributed by atoms with E-state index >= 15 is 0 Å². The van der Waals surface area contributed by atoms with Crippen molar-refractivity contribution in [2.24, 2.45) is 0 Å². The average Bonchev–Trinajstić information content (AvgIpc) is 2.62. The van der Waals surface area contributed by atoms with Crippen LogP contribution in [-0.2, 0) is 4.74 Å². The third kappa shape index (κ3) is 3.21. The molecule has 0 unspecified atom stereocenters. The van der Waals surface area contributed by atoms with E-state index in [0.29, 0.717) is 18.8 Å². The molecule has 7 heteroatoms. The lowest BCUT2D eigenvalue weighted by Crippen LogP contribution is -2.25. The van der Waals surface area contributed by atoms with Crippen LogP contribution in [0.2, 0.25) is 0 Å². The molecule has 2 rings (SSSR count). The van der Waals surface area contributed by atoms with Gasteiger partial charge in [0.25, 0.3) is 0 Å². The molecule has 1 aromatic rings. The van der Waals surface area contributed by atoms with E-state index in [9.17, 15) is 8.78 Å². The van der Waals surface area contributed by atoms with Gasteiger partial charge in [0.05, 0.1) is 19.8 Å². The number of hydrogen-bond donors (Lipinski definition) is 2. The van der Waals surface area contributed by atoms with Crippen molar-refractivity contribution >= 4 is 5.69 Å². The van der Waals surface area contributed by atoms with Crippen molar-refractivity contribution in [2.45, 2.75) is 6.29 Å². The normalized spacial score (nSPS) is 15.7. The minimum atomic E-state index is -3.59. The van der Waals surface area contributed by atoms with Crippen LogP contribution in [0.5, 0.6) is 11.5 Å². The van der Waals surface area contributed by atoms with Gasteiger partial charge < -0.3 is 24.6 Å². The van der Waals surface area contributed by atoms with Crippen molar-refractivity contribution in [1.29, 1.82) is 0 Å². The quantitative estimate of drug-likeness (QED) is 0.759. The molecule has 5 nitrogen and oxygen atoms in total. The molecule has 0 saturated carbocycles. The molecule has 1 aliphatic heterocycles. The van der Waals surface area contributed by atoms with Gasteiger partial charge in [-0.1, -0.05) is 0 Å². The number of nitrogens with one attached hydrogen (secondary N) is 1. The maximum Gasteiger partial charge on any atom is 0.586 e. The molecule has 0 spiro atoms. The van der Waals surface area contributed by atoms with Crippen LogP contribution in [0.15, 0.2) is 18.2 Å². The summed E-state index contributed by atoms with van der Waals surface area (Å²) < 4.78 is 39.1. The van der Waals surface area contributed by atoms with Crippen LogP contribution < -0.4 is 14.8 Å². The van der Waals surface area contributed by atoms with Gasteiger partial charge in [0.1, 0.15) is 0 Å². The van der Waals surface area contributed by atoms with Crippen LogP contribution in [0.1, 0.15) is 0 Å². The first kappa shape index (κ1) is 12.8. The Balaban J connectivity index is 1.85. The molecule has 0 saturated heterocycles. The summed E-state index contributed by atoms with van der Waals surface area (Å²) in [5.41, 5.74) is 0.627. The standard InChI is InChI=1S/C11H13F2NO4/c12-11(13)17-9-2-1-8(7-10(9)18-11)14-3-5-16-6-4-15/h1-2,7,14-15H,3-6H2. The molecule has 0 aromatic heterocycles. The highest BCUT2D eigenvalue weighted by atomic mass is 19.3. The summed E-state index contributed by atoms with van der Waals surface area (Å²) in [7, 11) is 0. The third-order valence-electron chi connectivity index (χ3n) is 2.21. The highest BCUT2D eigenvalue weighted by Crippen LogP contribution is 2.42. The van der Waals surface area contributed by atoms with Crippen LogP contribution >= 0.6 is 0 Å². The summed E-state index contributed by atoms with van der Waals surface area (Å²) in [5, 5.41) is 11.5. The number of hydrogen-bond acceptors (Lipinski definition) is 5. The molecule has 0 radical (unpaired) electrons. The fourth-order valence-electron chi connectivity index (χ4n) is 1.49. The van der Waals surface area contributed by atoms with Crippen molar-refractivity contribution in [3.8, 4) is 11.5 Å². The lowest BCUT2D eigenvalue weighted by atomic mass is 10.3. The van der Waals surface area contributed by atoms with E-state index < -0.39 is 6.29 Å². The van der Waals surface area contributed by atoms with Crippen LogP contribution in [0.4, 0.5) is 14.5 Å². The minimum Gasteiger partial charge on any atom is -0.395 e. The second-order valence-corrected chi connectivity index (χ2v) is 3.59. The number of benzene rings is 1. The zero-order valence-corrected chi connectivity index (χ0v) is 9.49.